The van der Waals surface area contributed by atoms with Crippen LogP contribution in [0, 0.1) is 22.7 Å². The van der Waals surface area contributed by atoms with E-state index < -0.39 is 0 Å². The van der Waals surface area contributed by atoms with Crippen molar-refractivity contribution in [3.05, 3.63) is 0 Å². The number of fused-ring (bicyclic) bond motifs is 2. The van der Waals surface area contributed by atoms with Crippen molar-refractivity contribution < 1.29 is 10.2 Å². The van der Waals surface area contributed by atoms with Crippen LogP contribution >= 0.6 is 0 Å². The Morgan fingerprint density at radius 2 is 1.93 bits per heavy atom. The molecule has 0 aromatic rings. The van der Waals surface area contributed by atoms with Crippen LogP contribution in [0.1, 0.15) is 40.0 Å². The quantitative estimate of drug-likeness (QED) is 0.710. The smallest absolute Gasteiger partial charge is 0.0630 e. The predicted molar refractivity (Wildman–Crippen MR) is 55.8 cm³/mol. The standard InChI is InChI=1S/C12H22O2/c1-11(2)9-4-6-12(11,3)10(14)8(9)5-7-13/h8-10,13-14H,4-7H2,1-3H3/t8-,9+,10+,12-/m1/s1. The highest BCUT2D eigenvalue weighted by molar-refractivity contribution is 5.14. The summed E-state index contributed by atoms with van der Waals surface area (Å²) in [5.41, 5.74) is 0.323. The summed E-state index contributed by atoms with van der Waals surface area (Å²) in [6.45, 7) is 7.00. The molecule has 0 aliphatic heterocycles. The van der Waals surface area contributed by atoms with E-state index in [4.69, 9.17) is 5.11 Å². The van der Waals surface area contributed by atoms with Crippen LogP contribution in [0.15, 0.2) is 0 Å². The van der Waals surface area contributed by atoms with E-state index in [0.717, 1.165) is 12.8 Å². The number of aliphatic hydroxyl groups excluding tert-OH is 2. The van der Waals surface area contributed by atoms with E-state index in [2.05, 4.69) is 20.8 Å². The van der Waals surface area contributed by atoms with Crippen molar-refractivity contribution in [3.63, 3.8) is 0 Å². The summed E-state index contributed by atoms with van der Waals surface area (Å²) >= 11 is 0. The molecule has 14 heavy (non-hydrogen) atoms. The highest BCUT2D eigenvalue weighted by atomic mass is 16.3. The van der Waals surface area contributed by atoms with Crippen LogP contribution in [0.3, 0.4) is 0 Å². The minimum absolute atomic E-state index is 0.0809. The first kappa shape index (κ1) is 10.4. The monoisotopic (exact) mass is 198 g/mol. The third-order valence-electron chi connectivity index (χ3n) is 5.41. The van der Waals surface area contributed by atoms with Gasteiger partial charge < -0.3 is 10.2 Å². The zero-order valence-electron chi connectivity index (χ0n) is 9.45. The fourth-order valence-corrected chi connectivity index (χ4v) is 4.04. The Morgan fingerprint density at radius 3 is 2.36 bits per heavy atom. The summed E-state index contributed by atoms with van der Waals surface area (Å²) in [5, 5.41) is 19.3. The van der Waals surface area contributed by atoms with E-state index in [9.17, 15) is 5.11 Å². The van der Waals surface area contributed by atoms with Crippen molar-refractivity contribution in [2.45, 2.75) is 46.1 Å². The van der Waals surface area contributed by atoms with Gasteiger partial charge in [-0.05, 0) is 41.9 Å². The van der Waals surface area contributed by atoms with E-state index >= 15 is 0 Å². The lowest BCUT2D eigenvalue weighted by Crippen LogP contribution is -2.37. The number of hydrogen-bond donors (Lipinski definition) is 2. The van der Waals surface area contributed by atoms with Crippen molar-refractivity contribution in [1.82, 2.24) is 0 Å². The Kier molecular flexibility index (Phi) is 2.20. The molecule has 2 aliphatic carbocycles. The molecule has 0 saturated heterocycles. The molecule has 0 unspecified atom stereocenters. The highest BCUT2D eigenvalue weighted by Crippen LogP contribution is 2.68. The van der Waals surface area contributed by atoms with Gasteiger partial charge in [0.1, 0.15) is 0 Å². The molecule has 82 valence electrons. The van der Waals surface area contributed by atoms with Crippen molar-refractivity contribution in [2.24, 2.45) is 22.7 Å². The van der Waals surface area contributed by atoms with E-state index in [0.29, 0.717) is 11.8 Å². The molecule has 0 radical (unpaired) electrons. The Balaban J connectivity index is 2.29. The summed E-state index contributed by atoms with van der Waals surface area (Å²) in [4.78, 5) is 0. The summed E-state index contributed by atoms with van der Waals surface area (Å²) in [6.07, 6.45) is 2.94. The first-order valence-corrected chi connectivity index (χ1v) is 5.74. The SMILES string of the molecule is CC1(C)[C@H]2CC[C@]1(C)[C@@H](O)[C@@H]2CCO. The Labute approximate surface area is 86.3 Å². The van der Waals surface area contributed by atoms with Gasteiger partial charge in [0.2, 0.25) is 0 Å². The van der Waals surface area contributed by atoms with Crippen molar-refractivity contribution in [3.8, 4) is 0 Å². The molecule has 2 nitrogen and oxygen atoms in total. The summed E-state index contributed by atoms with van der Waals surface area (Å²) < 4.78 is 0. The average Bonchev–Trinajstić information content (AvgIpc) is 2.41. The lowest BCUT2D eigenvalue weighted by Gasteiger charge is -2.37. The Morgan fingerprint density at radius 1 is 1.29 bits per heavy atom. The molecule has 0 aromatic heterocycles. The lowest BCUT2D eigenvalue weighted by atomic mass is 9.70. The van der Waals surface area contributed by atoms with E-state index in [-0.39, 0.29) is 23.5 Å². The third kappa shape index (κ3) is 0.989. The second kappa shape index (κ2) is 2.96. The van der Waals surface area contributed by atoms with E-state index in [1.165, 1.54) is 6.42 Å². The van der Waals surface area contributed by atoms with Crippen LogP contribution < -0.4 is 0 Å². The van der Waals surface area contributed by atoms with Gasteiger partial charge >= 0.3 is 0 Å². The lowest BCUT2D eigenvalue weighted by molar-refractivity contribution is -0.0154. The molecule has 0 heterocycles. The van der Waals surface area contributed by atoms with Crippen LogP contribution in [0.5, 0.6) is 0 Å². The van der Waals surface area contributed by atoms with Gasteiger partial charge in [0.25, 0.3) is 0 Å². The fraction of sp³-hybridized carbons (Fsp3) is 1.00. The largest absolute Gasteiger partial charge is 0.396 e. The Hall–Kier alpha value is -0.0800. The fourth-order valence-electron chi connectivity index (χ4n) is 4.04. The average molecular weight is 198 g/mol. The maximum absolute atomic E-state index is 10.3. The topological polar surface area (TPSA) is 40.5 Å². The van der Waals surface area contributed by atoms with Crippen LogP contribution in [0.2, 0.25) is 0 Å². The summed E-state index contributed by atoms with van der Waals surface area (Å²) in [5.74, 6) is 0.934. The van der Waals surface area contributed by atoms with Gasteiger partial charge in [-0.3, -0.25) is 0 Å². The van der Waals surface area contributed by atoms with Gasteiger partial charge in [-0.2, -0.15) is 0 Å². The second-order valence-electron chi connectivity index (χ2n) is 5.91. The van der Waals surface area contributed by atoms with Gasteiger partial charge in [-0.1, -0.05) is 20.8 Å². The zero-order chi connectivity index (χ0) is 10.6. The van der Waals surface area contributed by atoms with E-state index in [1.807, 2.05) is 0 Å². The van der Waals surface area contributed by atoms with Crippen LogP contribution in [-0.4, -0.2) is 22.9 Å². The van der Waals surface area contributed by atoms with E-state index in [1.54, 1.807) is 0 Å². The zero-order valence-corrected chi connectivity index (χ0v) is 9.45. The highest BCUT2D eigenvalue weighted by Gasteiger charge is 2.65. The molecule has 0 aromatic carbocycles. The summed E-state index contributed by atoms with van der Waals surface area (Å²) in [6, 6.07) is 0. The maximum atomic E-state index is 10.3. The maximum Gasteiger partial charge on any atom is 0.0630 e. The first-order chi connectivity index (χ1) is 6.45. The normalized spacial score (nSPS) is 49.9. The molecule has 2 rings (SSSR count). The molecule has 2 aliphatic rings. The van der Waals surface area contributed by atoms with Crippen molar-refractivity contribution in [2.75, 3.05) is 6.61 Å². The molecule has 0 spiro atoms. The van der Waals surface area contributed by atoms with Gasteiger partial charge in [0.05, 0.1) is 6.10 Å². The number of rotatable bonds is 2. The number of aliphatic hydroxyl groups is 2. The van der Waals surface area contributed by atoms with Gasteiger partial charge in [0, 0.05) is 6.61 Å². The van der Waals surface area contributed by atoms with Crippen molar-refractivity contribution in [1.29, 1.82) is 0 Å². The van der Waals surface area contributed by atoms with Crippen LogP contribution in [0.4, 0.5) is 0 Å². The van der Waals surface area contributed by atoms with Crippen LogP contribution in [-0.2, 0) is 0 Å². The molecule has 2 saturated carbocycles. The van der Waals surface area contributed by atoms with Crippen LogP contribution in [0.25, 0.3) is 0 Å². The number of hydrogen-bond acceptors (Lipinski definition) is 2. The van der Waals surface area contributed by atoms with Gasteiger partial charge in [0.15, 0.2) is 0 Å². The molecule has 2 bridgehead atoms. The molecular formula is C12H22O2. The van der Waals surface area contributed by atoms with Crippen molar-refractivity contribution >= 4 is 0 Å². The molecule has 2 N–H and O–H groups in total. The Bertz CT molecular complexity index is 236. The van der Waals surface area contributed by atoms with Gasteiger partial charge in [-0.15, -0.1) is 0 Å². The molecule has 4 atom stereocenters. The molecular weight excluding hydrogens is 176 g/mol. The minimum Gasteiger partial charge on any atom is -0.396 e. The second-order valence-corrected chi connectivity index (χ2v) is 5.91. The third-order valence-corrected chi connectivity index (χ3v) is 5.41. The summed E-state index contributed by atoms with van der Waals surface area (Å²) in [7, 11) is 0. The molecule has 0 amide bonds. The first-order valence-electron chi connectivity index (χ1n) is 5.74. The van der Waals surface area contributed by atoms with Gasteiger partial charge in [-0.25, -0.2) is 0 Å². The molecule has 2 heteroatoms. The molecule has 2 fully saturated rings. The minimum atomic E-state index is -0.205. The predicted octanol–water partition coefficient (Wildman–Crippen LogP) is 1.80.